The summed E-state index contributed by atoms with van der Waals surface area (Å²) in [5.74, 6) is -2.02. The number of ether oxygens (including phenoxy) is 1. The molecule has 3 fully saturated rings. The lowest BCUT2D eigenvalue weighted by Crippen LogP contribution is -2.60. The zero-order valence-electron chi connectivity index (χ0n) is 26.4. The average molecular weight is 687 g/mol. The maximum atomic E-state index is 14.3. The minimum atomic E-state index is -4.98. The van der Waals surface area contributed by atoms with Gasteiger partial charge in [-0.1, -0.05) is 25.8 Å². The highest BCUT2D eigenvalue weighted by Crippen LogP contribution is 2.53. The molecule has 1 aromatic carbocycles. The van der Waals surface area contributed by atoms with Crippen molar-refractivity contribution in [3.05, 3.63) is 58.7 Å². The number of aromatic nitrogens is 1. The SMILES string of the molecule is CCC[C@H]1CC[C@H](NC(=O)c2cc3cc(C(F)P(=O)(O)O)ccc3s2)C(=O)N2[C@H](CC[C@H]2C(=O)N2CC(c3cnccc3OC)C2)C1. The van der Waals surface area contributed by atoms with E-state index in [4.69, 9.17) is 4.74 Å². The van der Waals surface area contributed by atoms with Crippen molar-refractivity contribution < 1.29 is 37.9 Å². The summed E-state index contributed by atoms with van der Waals surface area (Å²) in [6.07, 6.45) is 8.83. The molecule has 3 saturated heterocycles. The highest BCUT2D eigenvalue weighted by atomic mass is 32.1. The van der Waals surface area contributed by atoms with Crippen molar-refractivity contribution >= 4 is 46.7 Å². The molecule has 3 aromatic rings. The van der Waals surface area contributed by atoms with Gasteiger partial charge < -0.3 is 29.6 Å². The number of pyridine rings is 1. The van der Waals surface area contributed by atoms with Crippen LogP contribution >= 0.6 is 18.9 Å². The minimum absolute atomic E-state index is 0.0700. The molecule has 1 unspecified atom stereocenters. The van der Waals surface area contributed by atoms with Crippen molar-refractivity contribution in [1.82, 2.24) is 20.1 Å². The van der Waals surface area contributed by atoms with E-state index >= 15 is 0 Å². The number of amides is 3. The summed E-state index contributed by atoms with van der Waals surface area (Å²) >= 11 is 1.15. The predicted octanol–water partition coefficient (Wildman–Crippen LogP) is 5.13. The first kappa shape index (κ1) is 33.5. The van der Waals surface area contributed by atoms with Gasteiger partial charge in [-0.25, -0.2) is 4.39 Å². The molecule has 6 rings (SSSR count). The average Bonchev–Trinajstić information content (AvgIpc) is 3.64. The van der Waals surface area contributed by atoms with Crippen LogP contribution in [-0.2, 0) is 14.2 Å². The molecule has 3 N–H and O–H groups in total. The Morgan fingerprint density at radius 2 is 1.96 bits per heavy atom. The third-order valence-corrected chi connectivity index (χ3v) is 11.8. The Morgan fingerprint density at radius 3 is 2.68 bits per heavy atom. The maximum absolute atomic E-state index is 14.3. The topological polar surface area (TPSA) is 149 Å². The van der Waals surface area contributed by atoms with Gasteiger partial charge in [-0.15, -0.1) is 11.3 Å². The Balaban J connectivity index is 1.19. The third kappa shape index (κ3) is 6.81. The van der Waals surface area contributed by atoms with E-state index in [1.807, 2.05) is 6.07 Å². The standard InChI is InChI=1S/C33H40FN4O7PS/c1-3-4-19-5-8-25(36-31(39)29-15-21-14-20(6-10-28(21)47-29)30(34)46(42,43)44)32(40)38-23(13-19)7-9-26(38)33(41)37-17-22(18-37)24-16-35-12-11-27(24)45-2/h6,10-12,14-16,19,22-23,25-26,30H,3-5,7-9,13,17-18H2,1-2H3,(H,36,39)(H2,42,43,44)/t19-,23+,25-,26-,30?/m0/s1. The first-order valence-corrected chi connectivity index (χ1v) is 18.6. The Morgan fingerprint density at radius 1 is 1.17 bits per heavy atom. The van der Waals surface area contributed by atoms with Crippen LogP contribution in [-0.4, -0.2) is 80.6 Å². The van der Waals surface area contributed by atoms with Crippen LogP contribution in [0.1, 0.15) is 84.5 Å². The van der Waals surface area contributed by atoms with Crippen molar-refractivity contribution in [2.75, 3.05) is 20.2 Å². The second kappa shape index (κ2) is 13.6. The van der Waals surface area contributed by atoms with E-state index in [1.165, 1.54) is 18.2 Å². The predicted molar refractivity (Wildman–Crippen MR) is 175 cm³/mol. The molecule has 0 radical (unpaired) electrons. The van der Waals surface area contributed by atoms with Gasteiger partial charge in [0, 0.05) is 47.7 Å². The van der Waals surface area contributed by atoms with Crippen LogP contribution in [0.4, 0.5) is 4.39 Å². The van der Waals surface area contributed by atoms with Gasteiger partial charge in [-0.2, -0.15) is 0 Å². The van der Waals surface area contributed by atoms with Crippen molar-refractivity contribution in [2.45, 2.75) is 81.8 Å². The van der Waals surface area contributed by atoms with E-state index in [0.717, 1.165) is 54.8 Å². The van der Waals surface area contributed by atoms with Gasteiger partial charge in [0.15, 0.2) is 0 Å². The number of thiophene rings is 1. The number of methoxy groups -OCH3 is 1. The number of halogens is 1. The molecule has 14 heteroatoms. The largest absolute Gasteiger partial charge is 0.496 e. The molecule has 47 heavy (non-hydrogen) atoms. The van der Waals surface area contributed by atoms with Crippen LogP contribution in [0.5, 0.6) is 5.75 Å². The lowest BCUT2D eigenvalue weighted by atomic mass is 9.86. The molecule has 5 heterocycles. The minimum Gasteiger partial charge on any atom is -0.496 e. The number of rotatable bonds is 9. The first-order chi connectivity index (χ1) is 22.5. The van der Waals surface area contributed by atoms with Gasteiger partial charge in [0.05, 0.1) is 12.0 Å². The Hall–Kier alpha value is -3.38. The van der Waals surface area contributed by atoms with E-state index in [9.17, 15) is 33.1 Å². The summed E-state index contributed by atoms with van der Waals surface area (Å²) in [7, 11) is -3.37. The zero-order chi connectivity index (χ0) is 33.5. The summed E-state index contributed by atoms with van der Waals surface area (Å²) in [6.45, 7) is 3.18. The smallest absolute Gasteiger partial charge is 0.363 e. The highest BCUT2D eigenvalue weighted by molar-refractivity contribution is 7.51. The number of nitrogens with zero attached hydrogens (tertiary/aromatic N) is 3. The van der Waals surface area contributed by atoms with Crippen LogP contribution in [0.3, 0.4) is 0 Å². The van der Waals surface area contributed by atoms with Gasteiger partial charge in [-0.3, -0.25) is 23.9 Å². The van der Waals surface area contributed by atoms with Crippen molar-refractivity contribution in [2.24, 2.45) is 5.92 Å². The Bertz CT molecular complexity index is 1710. The molecule has 0 spiro atoms. The number of hydrogen-bond donors (Lipinski definition) is 3. The van der Waals surface area contributed by atoms with Gasteiger partial charge in [0.2, 0.25) is 17.7 Å². The lowest BCUT2D eigenvalue weighted by Gasteiger charge is -2.43. The molecular formula is C33H40FN4O7PS. The van der Waals surface area contributed by atoms with Gasteiger partial charge in [0.25, 0.3) is 5.91 Å². The molecule has 0 aliphatic carbocycles. The van der Waals surface area contributed by atoms with Crippen molar-refractivity contribution in [3.63, 3.8) is 0 Å². The molecule has 11 nitrogen and oxygen atoms in total. The Kier molecular flexibility index (Phi) is 9.71. The number of carbonyl (C=O) groups excluding carboxylic acids is 3. The zero-order valence-corrected chi connectivity index (χ0v) is 28.1. The summed E-state index contributed by atoms with van der Waals surface area (Å²) < 4.78 is 31.9. The number of carbonyl (C=O) groups is 3. The Labute approximate surface area is 276 Å². The van der Waals surface area contributed by atoms with E-state index < -0.39 is 31.5 Å². The molecule has 0 bridgehead atoms. The van der Waals surface area contributed by atoms with E-state index in [1.54, 1.807) is 35.4 Å². The lowest BCUT2D eigenvalue weighted by molar-refractivity contribution is -0.150. The van der Waals surface area contributed by atoms with Crippen LogP contribution in [0.2, 0.25) is 0 Å². The molecular weight excluding hydrogens is 646 g/mol. The van der Waals surface area contributed by atoms with Crippen LogP contribution < -0.4 is 10.1 Å². The van der Waals surface area contributed by atoms with E-state index in [0.29, 0.717) is 46.8 Å². The fraction of sp³-hybridized carbons (Fsp3) is 0.515. The quantitative estimate of drug-likeness (QED) is 0.262. The van der Waals surface area contributed by atoms with Gasteiger partial charge in [0.1, 0.15) is 17.8 Å². The fourth-order valence-corrected chi connectivity index (χ4v) is 8.90. The number of alkyl halides is 1. The summed E-state index contributed by atoms with van der Waals surface area (Å²) in [6, 6.07) is 6.04. The summed E-state index contributed by atoms with van der Waals surface area (Å²) in [5.41, 5.74) is 0.788. The summed E-state index contributed by atoms with van der Waals surface area (Å²) in [4.78, 5) is 68.2. The second-order valence-corrected chi connectivity index (χ2v) is 15.6. The van der Waals surface area contributed by atoms with Crippen LogP contribution in [0.15, 0.2) is 42.7 Å². The molecule has 5 atom stereocenters. The normalized spacial score (nSPS) is 24.3. The summed E-state index contributed by atoms with van der Waals surface area (Å²) in [5, 5.41) is 3.42. The van der Waals surface area contributed by atoms with E-state index in [2.05, 4.69) is 17.2 Å². The molecule has 252 valence electrons. The third-order valence-electron chi connectivity index (χ3n) is 9.81. The van der Waals surface area contributed by atoms with Crippen LogP contribution in [0, 0.1) is 5.92 Å². The fourth-order valence-electron chi connectivity index (χ4n) is 7.40. The number of likely N-dealkylation sites (tertiary alicyclic amines) is 1. The van der Waals surface area contributed by atoms with Crippen molar-refractivity contribution in [1.29, 1.82) is 0 Å². The maximum Gasteiger partial charge on any atom is 0.363 e. The number of fused-ring (bicyclic) bond motifs is 2. The molecule has 3 aliphatic heterocycles. The second-order valence-electron chi connectivity index (χ2n) is 12.9. The van der Waals surface area contributed by atoms with Gasteiger partial charge in [-0.05, 0) is 73.2 Å². The molecule has 2 aromatic heterocycles. The highest BCUT2D eigenvalue weighted by Gasteiger charge is 2.48. The van der Waals surface area contributed by atoms with E-state index in [-0.39, 0.29) is 29.3 Å². The molecule has 3 aliphatic rings. The monoisotopic (exact) mass is 686 g/mol. The van der Waals surface area contributed by atoms with Crippen molar-refractivity contribution in [3.8, 4) is 5.75 Å². The number of hydrogen-bond acceptors (Lipinski definition) is 7. The number of nitrogens with one attached hydrogen (secondary N) is 1. The first-order valence-electron chi connectivity index (χ1n) is 16.1. The van der Waals surface area contributed by atoms with Crippen LogP contribution in [0.25, 0.3) is 10.1 Å². The van der Waals surface area contributed by atoms with Gasteiger partial charge >= 0.3 is 7.60 Å². The number of benzene rings is 1. The molecule has 3 amide bonds. The molecule has 0 saturated carbocycles.